The molecule has 3 heteroatoms. The van der Waals surface area contributed by atoms with Crippen LogP contribution in [0.1, 0.15) is 18.1 Å². The molecule has 2 rings (SSSR count). The summed E-state index contributed by atoms with van der Waals surface area (Å²) >= 11 is 0. The molecule has 0 amide bonds. The summed E-state index contributed by atoms with van der Waals surface area (Å²) < 4.78 is 5.79. The van der Waals surface area contributed by atoms with Crippen molar-refractivity contribution in [1.82, 2.24) is 5.32 Å². The quantitative estimate of drug-likeness (QED) is 0.776. The van der Waals surface area contributed by atoms with Crippen molar-refractivity contribution in [2.75, 3.05) is 13.1 Å². The largest absolute Gasteiger partial charge is 0.504 e. The van der Waals surface area contributed by atoms with Gasteiger partial charge in [-0.1, -0.05) is 0 Å². The van der Waals surface area contributed by atoms with E-state index < -0.39 is 0 Å². The second-order valence-electron chi connectivity index (χ2n) is 4.56. The summed E-state index contributed by atoms with van der Waals surface area (Å²) in [5.74, 6) is 0.813. The van der Waals surface area contributed by atoms with Crippen LogP contribution in [0.15, 0.2) is 12.1 Å². The first-order valence-electron chi connectivity index (χ1n) is 5.20. The number of rotatable bonds is 2. The van der Waals surface area contributed by atoms with Gasteiger partial charge in [0.25, 0.3) is 0 Å². The van der Waals surface area contributed by atoms with Gasteiger partial charge in [0.2, 0.25) is 0 Å². The highest BCUT2D eigenvalue weighted by Gasteiger charge is 2.34. The fraction of sp³-hybridized carbons (Fsp3) is 0.500. The summed E-state index contributed by atoms with van der Waals surface area (Å²) in [6, 6.07) is 3.65. The molecule has 1 aliphatic heterocycles. The van der Waals surface area contributed by atoms with Crippen LogP contribution in [0.4, 0.5) is 0 Å². The second-order valence-corrected chi connectivity index (χ2v) is 4.56. The molecule has 15 heavy (non-hydrogen) atoms. The van der Waals surface area contributed by atoms with Crippen LogP contribution in [0.25, 0.3) is 0 Å². The van der Waals surface area contributed by atoms with Crippen LogP contribution in [0, 0.1) is 13.8 Å². The van der Waals surface area contributed by atoms with Crippen LogP contribution < -0.4 is 10.1 Å². The van der Waals surface area contributed by atoms with Gasteiger partial charge in [0.1, 0.15) is 5.60 Å². The molecule has 2 N–H and O–H groups in total. The molecular formula is C12H17NO2. The average molecular weight is 207 g/mol. The fourth-order valence-electron chi connectivity index (χ4n) is 1.67. The lowest BCUT2D eigenvalue weighted by molar-refractivity contribution is 0.0323. The van der Waals surface area contributed by atoms with Crippen molar-refractivity contribution in [3.63, 3.8) is 0 Å². The molecule has 0 saturated carbocycles. The Morgan fingerprint density at radius 3 is 2.40 bits per heavy atom. The number of benzene rings is 1. The highest BCUT2D eigenvalue weighted by Crippen LogP contribution is 2.32. The van der Waals surface area contributed by atoms with Crippen LogP contribution in [0.3, 0.4) is 0 Å². The van der Waals surface area contributed by atoms with E-state index in [4.69, 9.17) is 4.74 Å². The van der Waals surface area contributed by atoms with E-state index in [9.17, 15) is 5.11 Å². The minimum atomic E-state index is -0.167. The molecule has 0 bridgehead atoms. The lowest BCUT2D eigenvalue weighted by Gasteiger charge is -2.39. The van der Waals surface area contributed by atoms with Crippen molar-refractivity contribution < 1.29 is 9.84 Å². The zero-order chi connectivity index (χ0) is 11.1. The van der Waals surface area contributed by atoms with Gasteiger partial charge in [-0.25, -0.2) is 0 Å². The van der Waals surface area contributed by atoms with Gasteiger partial charge >= 0.3 is 0 Å². The third kappa shape index (κ3) is 1.92. The van der Waals surface area contributed by atoms with Crippen molar-refractivity contribution in [2.45, 2.75) is 26.4 Å². The molecule has 1 saturated heterocycles. The van der Waals surface area contributed by atoms with Gasteiger partial charge in [-0.05, 0) is 44.0 Å². The number of aromatic hydroxyl groups is 1. The predicted molar refractivity (Wildman–Crippen MR) is 59.5 cm³/mol. The third-order valence-electron chi connectivity index (χ3n) is 2.93. The van der Waals surface area contributed by atoms with E-state index in [1.165, 1.54) is 0 Å². The molecule has 0 aliphatic carbocycles. The summed E-state index contributed by atoms with van der Waals surface area (Å²) in [4.78, 5) is 0. The zero-order valence-electron chi connectivity index (χ0n) is 9.42. The Hall–Kier alpha value is -1.22. The maximum absolute atomic E-state index is 9.75. The van der Waals surface area contributed by atoms with E-state index in [0.717, 1.165) is 24.2 Å². The Morgan fingerprint density at radius 1 is 1.27 bits per heavy atom. The third-order valence-corrected chi connectivity index (χ3v) is 2.93. The first-order chi connectivity index (χ1) is 7.00. The first-order valence-corrected chi connectivity index (χ1v) is 5.20. The van der Waals surface area contributed by atoms with Gasteiger partial charge in [0.05, 0.1) is 0 Å². The van der Waals surface area contributed by atoms with Crippen molar-refractivity contribution in [3.05, 3.63) is 23.3 Å². The van der Waals surface area contributed by atoms with Gasteiger partial charge in [0, 0.05) is 13.1 Å². The molecule has 0 aromatic heterocycles. The molecule has 1 aromatic carbocycles. The number of phenols is 1. The summed E-state index contributed by atoms with van der Waals surface area (Å²) in [6.07, 6.45) is 0. The Balaban J connectivity index is 2.24. The molecule has 82 valence electrons. The number of ether oxygens (including phenoxy) is 1. The SMILES string of the molecule is Cc1cc(O)c(OC2(C)CNC2)cc1C. The molecule has 0 atom stereocenters. The van der Waals surface area contributed by atoms with Crippen molar-refractivity contribution in [3.8, 4) is 11.5 Å². The van der Waals surface area contributed by atoms with E-state index in [1.54, 1.807) is 6.07 Å². The van der Waals surface area contributed by atoms with Gasteiger partial charge < -0.3 is 15.2 Å². The highest BCUT2D eigenvalue weighted by molar-refractivity contribution is 5.46. The number of hydrogen-bond donors (Lipinski definition) is 2. The Kier molecular flexibility index (Phi) is 2.35. The van der Waals surface area contributed by atoms with Gasteiger partial charge in [-0.15, -0.1) is 0 Å². The predicted octanol–water partition coefficient (Wildman–Crippen LogP) is 1.75. The topological polar surface area (TPSA) is 41.5 Å². The minimum Gasteiger partial charge on any atom is -0.504 e. The molecule has 1 fully saturated rings. The van der Waals surface area contributed by atoms with Gasteiger partial charge in [-0.2, -0.15) is 0 Å². The number of phenolic OH excluding ortho intramolecular Hbond substituents is 1. The van der Waals surface area contributed by atoms with E-state index in [1.807, 2.05) is 26.8 Å². The smallest absolute Gasteiger partial charge is 0.162 e. The van der Waals surface area contributed by atoms with Crippen molar-refractivity contribution in [1.29, 1.82) is 0 Å². The van der Waals surface area contributed by atoms with E-state index in [-0.39, 0.29) is 11.4 Å². The van der Waals surface area contributed by atoms with Crippen LogP contribution in [-0.2, 0) is 0 Å². The molecule has 3 nitrogen and oxygen atoms in total. The first kappa shape index (κ1) is 10.3. The van der Waals surface area contributed by atoms with Crippen LogP contribution in [0.5, 0.6) is 11.5 Å². The summed E-state index contributed by atoms with van der Waals surface area (Å²) in [5.41, 5.74) is 2.05. The minimum absolute atomic E-state index is 0.167. The van der Waals surface area contributed by atoms with Crippen LogP contribution in [0.2, 0.25) is 0 Å². The van der Waals surface area contributed by atoms with E-state index >= 15 is 0 Å². The van der Waals surface area contributed by atoms with E-state index in [2.05, 4.69) is 5.32 Å². The molecular weight excluding hydrogens is 190 g/mol. The fourth-order valence-corrected chi connectivity index (χ4v) is 1.67. The molecule has 0 unspecified atom stereocenters. The Morgan fingerprint density at radius 2 is 1.87 bits per heavy atom. The lowest BCUT2D eigenvalue weighted by Crippen LogP contribution is -2.61. The second kappa shape index (κ2) is 3.42. The lowest BCUT2D eigenvalue weighted by atomic mass is 9.99. The zero-order valence-corrected chi connectivity index (χ0v) is 9.42. The number of hydrogen-bond acceptors (Lipinski definition) is 3. The molecule has 1 heterocycles. The molecule has 0 radical (unpaired) electrons. The number of aryl methyl sites for hydroxylation is 2. The summed E-state index contributed by atoms with van der Waals surface area (Å²) in [7, 11) is 0. The molecule has 1 aliphatic rings. The van der Waals surface area contributed by atoms with Crippen LogP contribution >= 0.6 is 0 Å². The van der Waals surface area contributed by atoms with Crippen LogP contribution in [-0.4, -0.2) is 23.8 Å². The average Bonchev–Trinajstić information content (AvgIpc) is 2.11. The maximum atomic E-state index is 9.75. The Bertz CT molecular complexity index is 383. The normalized spacial score (nSPS) is 18.3. The maximum Gasteiger partial charge on any atom is 0.162 e. The standard InChI is InChI=1S/C12H17NO2/c1-8-4-10(14)11(5-9(8)2)15-12(3)6-13-7-12/h4-5,13-14H,6-7H2,1-3H3. The van der Waals surface area contributed by atoms with Gasteiger partial charge in [-0.3, -0.25) is 0 Å². The Labute approximate surface area is 90.1 Å². The number of nitrogens with one attached hydrogen (secondary N) is 1. The van der Waals surface area contributed by atoms with Crippen molar-refractivity contribution in [2.24, 2.45) is 0 Å². The van der Waals surface area contributed by atoms with Gasteiger partial charge in [0.15, 0.2) is 11.5 Å². The molecule has 0 spiro atoms. The molecule has 1 aromatic rings. The monoisotopic (exact) mass is 207 g/mol. The summed E-state index contributed by atoms with van der Waals surface area (Å²) in [6.45, 7) is 7.70. The highest BCUT2D eigenvalue weighted by atomic mass is 16.5. The van der Waals surface area contributed by atoms with E-state index in [0.29, 0.717) is 5.75 Å². The van der Waals surface area contributed by atoms with Crippen molar-refractivity contribution >= 4 is 0 Å². The summed E-state index contributed by atoms with van der Waals surface area (Å²) in [5, 5.41) is 12.9.